The maximum atomic E-state index is 14.0. The van der Waals surface area contributed by atoms with E-state index in [1.165, 1.54) is 12.0 Å². The van der Waals surface area contributed by atoms with Crippen molar-refractivity contribution in [1.82, 2.24) is 15.5 Å². The fraction of sp³-hybridized carbons (Fsp3) is 0.410. The highest BCUT2D eigenvalue weighted by molar-refractivity contribution is 5.94. The third kappa shape index (κ3) is 11.7. The van der Waals surface area contributed by atoms with E-state index in [-0.39, 0.29) is 19.4 Å². The number of esters is 2. The smallest absolute Gasteiger partial charge is 0.338 e. The molecule has 4 atom stereocenters. The molecule has 51 heavy (non-hydrogen) atoms. The fourth-order valence-electron chi connectivity index (χ4n) is 5.97. The summed E-state index contributed by atoms with van der Waals surface area (Å²) in [6.45, 7) is 2.91. The van der Waals surface area contributed by atoms with Crippen LogP contribution in [0.5, 0.6) is 5.75 Å². The first kappa shape index (κ1) is 38.6. The van der Waals surface area contributed by atoms with Gasteiger partial charge in [-0.05, 0) is 74.4 Å². The second kappa shape index (κ2) is 19.8. The summed E-state index contributed by atoms with van der Waals surface area (Å²) in [6.07, 6.45) is 2.70. The molecule has 1 heterocycles. The summed E-state index contributed by atoms with van der Waals surface area (Å²) in [6, 6.07) is 21.4. The number of nitrogens with two attached hydrogens (primary N) is 1. The average molecular weight is 701 g/mol. The summed E-state index contributed by atoms with van der Waals surface area (Å²) < 4.78 is 15.8. The molecular weight excluding hydrogens is 652 g/mol. The van der Waals surface area contributed by atoms with Crippen LogP contribution in [-0.4, -0.2) is 85.6 Å². The van der Waals surface area contributed by atoms with E-state index in [9.17, 15) is 24.0 Å². The molecule has 4 N–H and O–H groups in total. The summed E-state index contributed by atoms with van der Waals surface area (Å²) in [5.74, 6) is -1.76. The second-order valence-electron chi connectivity index (χ2n) is 12.4. The third-order valence-corrected chi connectivity index (χ3v) is 8.70. The van der Waals surface area contributed by atoms with Gasteiger partial charge >= 0.3 is 11.9 Å². The first-order valence-corrected chi connectivity index (χ1v) is 17.4. The second-order valence-corrected chi connectivity index (χ2v) is 12.4. The molecule has 1 aliphatic rings. The van der Waals surface area contributed by atoms with E-state index in [1.807, 2.05) is 55.5 Å². The van der Waals surface area contributed by atoms with Gasteiger partial charge in [0.15, 0.2) is 0 Å². The summed E-state index contributed by atoms with van der Waals surface area (Å²) >= 11 is 0. The number of hydrogen-bond donors (Lipinski definition) is 3. The SMILES string of the molecule is CCOc1ccc(C[C@@H](NC(=O)[C@@H](N)CCCCOC(=O)c2ccccc2)C(=O)N[C@@H](Cc2ccccc2)C(=O)N2CCC[C@@H]2C(=O)OC)cc1. The Kier molecular flexibility index (Phi) is 15.0. The van der Waals surface area contributed by atoms with Crippen LogP contribution in [0.25, 0.3) is 0 Å². The minimum Gasteiger partial charge on any atom is -0.494 e. The standard InChI is InChI=1S/C39H48N4O8/c1-3-50-30-21-19-28(20-22-30)25-32(41-35(44)31(40)17-10-11-24-51-38(47)29-15-8-5-9-16-29)36(45)42-33(26-27-13-6-4-7-14-27)37(46)43-23-12-18-34(43)39(48)49-2/h4-9,13-16,19-22,31-34H,3,10-12,17-18,23-26,40H2,1-2H3,(H,41,44)(H,42,45)/t31-,32+,33-,34+/m0/s1. The van der Waals surface area contributed by atoms with Crippen LogP contribution < -0.4 is 21.1 Å². The molecule has 0 unspecified atom stereocenters. The zero-order chi connectivity index (χ0) is 36.6. The lowest BCUT2D eigenvalue weighted by molar-refractivity contribution is -0.152. The van der Waals surface area contributed by atoms with Gasteiger partial charge in [0.2, 0.25) is 17.7 Å². The highest BCUT2D eigenvalue weighted by Crippen LogP contribution is 2.21. The van der Waals surface area contributed by atoms with Crippen molar-refractivity contribution in [3.05, 3.63) is 102 Å². The number of amides is 3. The van der Waals surface area contributed by atoms with Gasteiger partial charge in [-0.15, -0.1) is 0 Å². The third-order valence-electron chi connectivity index (χ3n) is 8.70. The molecule has 0 bridgehead atoms. The zero-order valence-electron chi connectivity index (χ0n) is 29.3. The van der Waals surface area contributed by atoms with Crippen molar-refractivity contribution in [2.45, 2.75) is 76.0 Å². The molecule has 0 spiro atoms. The number of hydrogen-bond acceptors (Lipinski definition) is 9. The van der Waals surface area contributed by atoms with Crippen LogP contribution in [0.1, 0.15) is 60.5 Å². The number of nitrogens with one attached hydrogen (secondary N) is 2. The van der Waals surface area contributed by atoms with Gasteiger partial charge in [0.1, 0.15) is 23.9 Å². The minimum atomic E-state index is -1.07. The van der Waals surface area contributed by atoms with E-state index < -0.39 is 53.8 Å². The first-order chi connectivity index (χ1) is 24.7. The normalized spacial score (nSPS) is 15.6. The Morgan fingerprint density at radius 3 is 2.12 bits per heavy atom. The molecule has 3 aromatic rings. The quantitative estimate of drug-likeness (QED) is 0.133. The Morgan fingerprint density at radius 2 is 1.45 bits per heavy atom. The maximum Gasteiger partial charge on any atom is 0.338 e. The van der Waals surface area contributed by atoms with Gasteiger partial charge in [0.25, 0.3) is 0 Å². The van der Waals surface area contributed by atoms with E-state index in [0.717, 1.165) is 11.1 Å². The van der Waals surface area contributed by atoms with Crippen LogP contribution in [0.4, 0.5) is 0 Å². The van der Waals surface area contributed by atoms with Crippen molar-refractivity contribution in [1.29, 1.82) is 0 Å². The molecule has 0 aliphatic carbocycles. The molecule has 3 aromatic carbocycles. The number of carbonyl (C=O) groups is 5. The molecule has 1 saturated heterocycles. The van der Waals surface area contributed by atoms with E-state index in [4.69, 9.17) is 19.9 Å². The lowest BCUT2D eigenvalue weighted by Crippen LogP contribution is -2.58. The van der Waals surface area contributed by atoms with Crippen molar-refractivity contribution in [2.75, 3.05) is 26.9 Å². The van der Waals surface area contributed by atoms with E-state index >= 15 is 0 Å². The number of likely N-dealkylation sites (tertiary alicyclic amines) is 1. The molecule has 1 aliphatic heterocycles. The average Bonchev–Trinajstić information content (AvgIpc) is 3.65. The number of carbonyl (C=O) groups excluding carboxylic acids is 5. The molecule has 0 aromatic heterocycles. The van der Waals surface area contributed by atoms with E-state index in [2.05, 4.69) is 10.6 Å². The fourth-order valence-corrected chi connectivity index (χ4v) is 5.97. The number of nitrogens with zero attached hydrogens (tertiary/aromatic N) is 1. The Morgan fingerprint density at radius 1 is 0.824 bits per heavy atom. The van der Waals surface area contributed by atoms with Gasteiger partial charge in [-0.25, -0.2) is 9.59 Å². The van der Waals surface area contributed by atoms with Gasteiger partial charge in [-0.3, -0.25) is 14.4 Å². The van der Waals surface area contributed by atoms with E-state index in [1.54, 1.807) is 36.4 Å². The van der Waals surface area contributed by atoms with Crippen molar-refractivity contribution < 1.29 is 38.2 Å². The van der Waals surface area contributed by atoms with Gasteiger partial charge in [0, 0.05) is 19.4 Å². The maximum absolute atomic E-state index is 14.0. The summed E-state index contributed by atoms with van der Waals surface area (Å²) in [7, 11) is 1.28. The molecular formula is C39H48N4O8. The Bertz CT molecular complexity index is 1590. The molecule has 0 saturated carbocycles. The lowest BCUT2D eigenvalue weighted by atomic mass is 10.0. The predicted molar refractivity (Wildman–Crippen MR) is 191 cm³/mol. The van der Waals surface area contributed by atoms with Crippen LogP contribution in [0.2, 0.25) is 0 Å². The Balaban J connectivity index is 1.45. The number of methoxy groups -OCH3 is 1. The Hall–Kier alpha value is -5.23. The molecule has 4 rings (SSSR count). The van der Waals surface area contributed by atoms with Crippen molar-refractivity contribution in [3.63, 3.8) is 0 Å². The number of rotatable bonds is 18. The highest BCUT2D eigenvalue weighted by atomic mass is 16.5. The van der Waals surface area contributed by atoms with Crippen LogP contribution >= 0.6 is 0 Å². The monoisotopic (exact) mass is 700 g/mol. The number of benzene rings is 3. The molecule has 12 nitrogen and oxygen atoms in total. The van der Waals surface area contributed by atoms with Gasteiger partial charge in [0.05, 0.1) is 31.9 Å². The van der Waals surface area contributed by atoms with E-state index in [0.29, 0.717) is 56.6 Å². The minimum absolute atomic E-state index is 0.118. The molecule has 272 valence electrons. The Labute approximate surface area is 299 Å². The summed E-state index contributed by atoms with van der Waals surface area (Å²) in [4.78, 5) is 67.5. The first-order valence-electron chi connectivity index (χ1n) is 17.4. The van der Waals surface area contributed by atoms with Crippen molar-refractivity contribution in [2.24, 2.45) is 5.73 Å². The molecule has 1 fully saturated rings. The van der Waals surface area contributed by atoms with Gasteiger partial charge in [-0.2, -0.15) is 0 Å². The highest BCUT2D eigenvalue weighted by Gasteiger charge is 2.39. The zero-order valence-corrected chi connectivity index (χ0v) is 29.3. The topological polar surface area (TPSA) is 166 Å². The molecule has 12 heteroatoms. The van der Waals surface area contributed by atoms with Crippen molar-refractivity contribution >= 4 is 29.7 Å². The largest absolute Gasteiger partial charge is 0.494 e. The van der Waals surface area contributed by atoms with Gasteiger partial charge < -0.3 is 35.5 Å². The van der Waals surface area contributed by atoms with Crippen LogP contribution in [0, 0.1) is 0 Å². The number of unbranched alkanes of at least 4 members (excludes halogenated alkanes) is 1. The number of ether oxygens (including phenoxy) is 3. The van der Waals surface area contributed by atoms with Crippen molar-refractivity contribution in [3.8, 4) is 5.75 Å². The predicted octanol–water partition coefficient (Wildman–Crippen LogP) is 3.36. The van der Waals surface area contributed by atoms with Crippen LogP contribution in [0.3, 0.4) is 0 Å². The molecule has 0 radical (unpaired) electrons. The lowest BCUT2D eigenvalue weighted by Gasteiger charge is -2.29. The van der Waals surface area contributed by atoms with Gasteiger partial charge in [-0.1, -0.05) is 60.7 Å². The van der Waals surface area contributed by atoms with Crippen LogP contribution in [0.15, 0.2) is 84.9 Å². The summed E-state index contributed by atoms with van der Waals surface area (Å²) in [5, 5.41) is 5.70. The van der Waals surface area contributed by atoms with Crippen LogP contribution in [-0.2, 0) is 41.5 Å². The summed E-state index contributed by atoms with van der Waals surface area (Å²) in [5.41, 5.74) is 8.29. The molecule has 3 amide bonds.